The zero-order valence-electron chi connectivity index (χ0n) is 10.6. The number of aromatic nitrogens is 1. The van der Waals surface area contributed by atoms with Crippen LogP contribution in [0.4, 0.5) is 0 Å². The molecule has 2 aromatic rings. The van der Waals surface area contributed by atoms with Crippen LogP contribution >= 0.6 is 11.3 Å². The molecule has 0 aliphatic carbocycles. The Balaban J connectivity index is 2.09. The van der Waals surface area contributed by atoms with Crippen molar-refractivity contribution in [3.05, 3.63) is 52.0 Å². The number of nitrogens with zero attached hydrogens (tertiary/aromatic N) is 1. The Kier molecular flexibility index (Phi) is 3.35. The number of hydrogen-bond acceptors (Lipinski definition) is 2. The molecule has 1 saturated heterocycles. The fourth-order valence-corrected chi connectivity index (χ4v) is 3.32. The van der Waals surface area contributed by atoms with E-state index in [0.717, 1.165) is 13.1 Å². The number of piperidine rings is 1. The summed E-state index contributed by atoms with van der Waals surface area (Å²) in [5.41, 5.74) is 4.22. The molecular formula is C15H18N2S. The van der Waals surface area contributed by atoms with Gasteiger partial charge in [0.1, 0.15) is 0 Å². The summed E-state index contributed by atoms with van der Waals surface area (Å²) in [7, 11) is 0. The smallest absolute Gasteiger partial charge is 0.0626 e. The number of thiophene rings is 1. The largest absolute Gasteiger partial charge is 0.322 e. The van der Waals surface area contributed by atoms with Crippen LogP contribution in [-0.2, 0) is 0 Å². The molecule has 1 aliphatic heterocycles. The van der Waals surface area contributed by atoms with Crippen LogP contribution in [-0.4, -0.2) is 17.7 Å². The fraction of sp³-hybridized carbons (Fsp3) is 0.333. The van der Waals surface area contributed by atoms with E-state index in [1.807, 2.05) is 11.3 Å². The van der Waals surface area contributed by atoms with Crippen LogP contribution in [0.1, 0.15) is 23.3 Å². The Morgan fingerprint density at radius 2 is 2.33 bits per heavy atom. The van der Waals surface area contributed by atoms with Gasteiger partial charge in [0.15, 0.2) is 0 Å². The van der Waals surface area contributed by atoms with Gasteiger partial charge in [-0.1, -0.05) is 6.07 Å². The van der Waals surface area contributed by atoms with Crippen molar-refractivity contribution >= 4 is 17.0 Å². The Bertz CT molecular complexity index is 541. The van der Waals surface area contributed by atoms with Gasteiger partial charge < -0.3 is 9.88 Å². The first-order chi connectivity index (χ1) is 8.84. The second kappa shape index (κ2) is 5.12. The maximum atomic E-state index is 3.49. The number of rotatable bonds is 2. The molecule has 0 unspecified atom stereocenters. The van der Waals surface area contributed by atoms with E-state index in [4.69, 9.17) is 0 Å². The molecule has 2 aromatic heterocycles. The van der Waals surface area contributed by atoms with Crippen LogP contribution in [0.5, 0.6) is 0 Å². The predicted molar refractivity (Wildman–Crippen MR) is 77.9 cm³/mol. The average Bonchev–Trinajstić information content (AvgIpc) is 3.04. The highest BCUT2D eigenvalue weighted by Gasteiger charge is 2.14. The summed E-state index contributed by atoms with van der Waals surface area (Å²) in [4.78, 5) is 1.37. The zero-order valence-corrected chi connectivity index (χ0v) is 11.5. The monoisotopic (exact) mass is 258 g/mol. The first kappa shape index (κ1) is 11.8. The predicted octanol–water partition coefficient (Wildman–Crippen LogP) is 3.50. The van der Waals surface area contributed by atoms with E-state index in [1.165, 1.54) is 34.6 Å². The van der Waals surface area contributed by atoms with Crippen LogP contribution in [0.15, 0.2) is 41.5 Å². The Hall–Kier alpha value is -1.32. The molecule has 3 heterocycles. The van der Waals surface area contributed by atoms with E-state index in [-0.39, 0.29) is 0 Å². The zero-order chi connectivity index (χ0) is 12.4. The van der Waals surface area contributed by atoms with Crippen molar-refractivity contribution in [1.82, 2.24) is 9.88 Å². The van der Waals surface area contributed by atoms with E-state index >= 15 is 0 Å². The molecular weight excluding hydrogens is 240 g/mol. The number of aryl methyl sites for hydroxylation is 1. The minimum Gasteiger partial charge on any atom is -0.322 e. The van der Waals surface area contributed by atoms with Crippen LogP contribution in [0.3, 0.4) is 0 Å². The lowest BCUT2D eigenvalue weighted by molar-refractivity contribution is 0.609. The lowest BCUT2D eigenvalue weighted by Gasteiger charge is -2.20. The van der Waals surface area contributed by atoms with Gasteiger partial charge in [0.25, 0.3) is 0 Å². The third-order valence-electron chi connectivity index (χ3n) is 3.36. The Morgan fingerprint density at radius 1 is 1.39 bits per heavy atom. The van der Waals surface area contributed by atoms with Gasteiger partial charge in [-0.3, -0.25) is 0 Å². The summed E-state index contributed by atoms with van der Waals surface area (Å²) in [5.74, 6) is 0. The first-order valence-electron chi connectivity index (χ1n) is 6.46. The van der Waals surface area contributed by atoms with Crippen molar-refractivity contribution in [2.24, 2.45) is 0 Å². The lowest BCUT2D eigenvalue weighted by atomic mass is 10.0. The summed E-state index contributed by atoms with van der Waals surface area (Å²) in [6, 6.07) is 6.52. The van der Waals surface area contributed by atoms with Gasteiger partial charge in [-0.25, -0.2) is 0 Å². The van der Waals surface area contributed by atoms with Gasteiger partial charge in [0.05, 0.1) is 10.6 Å². The van der Waals surface area contributed by atoms with Crippen molar-refractivity contribution in [3.63, 3.8) is 0 Å². The van der Waals surface area contributed by atoms with Crippen LogP contribution in [0.2, 0.25) is 0 Å². The van der Waals surface area contributed by atoms with Gasteiger partial charge in [-0.2, -0.15) is 0 Å². The third-order valence-corrected chi connectivity index (χ3v) is 4.24. The van der Waals surface area contributed by atoms with Gasteiger partial charge in [0, 0.05) is 18.9 Å². The molecule has 0 amide bonds. The highest BCUT2D eigenvalue weighted by Crippen LogP contribution is 2.28. The van der Waals surface area contributed by atoms with E-state index in [1.54, 1.807) is 0 Å². The van der Waals surface area contributed by atoms with Crippen molar-refractivity contribution in [2.75, 3.05) is 13.1 Å². The highest BCUT2D eigenvalue weighted by molar-refractivity contribution is 7.11. The van der Waals surface area contributed by atoms with E-state index in [9.17, 15) is 0 Å². The Labute approximate surface area is 112 Å². The molecule has 3 heteroatoms. The van der Waals surface area contributed by atoms with Gasteiger partial charge in [0.2, 0.25) is 0 Å². The summed E-state index contributed by atoms with van der Waals surface area (Å²) >= 11 is 1.82. The maximum Gasteiger partial charge on any atom is 0.0626 e. The molecule has 1 fully saturated rings. The van der Waals surface area contributed by atoms with Gasteiger partial charge in [-0.15, -0.1) is 11.3 Å². The van der Waals surface area contributed by atoms with Crippen molar-refractivity contribution < 1.29 is 0 Å². The molecule has 3 rings (SSSR count). The third kappa shape index (κ3) is 2.28. The van der Waals surface area contributed by atoms with Crippen LogP contribution in [0, 0.1) is 6.92 Å². The molecule has 0 radical (unpaired) electrons. The molecule has 1 aliphatic rings. The van der Waals surface area contributed by atoms with Gasteiger partial charge >= 0.3 is 0 Å². The highest BCUT2D eigenvalue weighted by atomic mass is 32.1. The topological polar surface area (TPSA) is 17.0 Å². The normalized spacial score (nSPS) is 18.9. The van der Waals surface area contributed by atoms with E-state index in [2.05, 4.69) is 52.8 Å². The van der Waals surface area contributed by atoms with Crippen molar-refractivity contribution in [1.29, 1.82) is 0 Å². The Morgan fingerprint density at radius 3 is 2.94 bits per heavy atom. The number of nitrogens with one attached hydrogen (secondary N) is 1. The average molecular weight is 258 g/mol. The molecule has 1 N–H and O–H groups in total. The summed E-state index contributed by atoms with van der Waals surface area (Å²) in [5, 5.41) is 5.64. The first-order valence-corrected chi connectivity index (χ1v) is 7.34. The van der Waals surface area contributed by atoms with Gasteiger partial charge in [-0.05, 0) is 55.0 Å². The summed E-state index contributed by atoms with van der Waals surface area (Å²) < 4.78 is 2.28. The minimum absolute atomic E-state index is 1.02. The van der Waals surface area contributed by atoms with E-state index < -0.39 is 0 Å². The SMILES string of the molecule is Cc1ccn(/C(=C2\CCCNC2)c2cccs2)c1. The molecule has 2 nitrogen and oxygen atoms in total. The molecule has 0 atom stereocenters. The fourth-order valence-electron chi connectivity index (χ4n) is 2.50. The molecule has 18 heavy (non-hydrogen) atoms. The summed E-state index contributed by atoms with van der Waals surface area (Å²) in [6.45, 7) is 4.31. The minimum atomic E-state index is 1.02. The molecule has 94 valence electrons. The molecule has 0 saturated carbocycles. The quantitative estimate of drug-likeness (QED) is 0.872. The lowest BCUT2D eigenvalue weighted by Crippen LogP contribution is -2.25. The van der Waals surface area contributed by atoms with Crippen LogP contribution in [0.25, 0.3) is 5.70 Å². The van der Waals surface area contributed by atoms with E-state index in [0.29, 0.717) is 0 Å². The number of hydrogen-bond donors (Lipinski definition) is 1. The second-order valence-corrected chi connectivity index (χ2v) is 5.75. The van der Waals surface area contributed by atoms with Crippen molar-refractivity contribution in [3.8, 4) is 0 Å². The standard InChI is InChI=1S/C15H18N2S/c1-12-6-8-17(11-12)15(14-5-3-9-18-14)13-4-2-7-16-10-13/h3,5-6,8-9,11,16H,2,4,7,10H2,1H3/b15-13+. The second-order valence-electron chi connectivity index (χ2n) is 4.81. The summed E-state index contributed by atoms with van der Waals surface area (Å²) in [6.07, 6.45) is 6.84. The molecule has 0 spiro atoms. The van der Waals surface area contributed by atoms with Crippen LogP contribution < -0.4 is 5.32 Å². The maximum absolute atomic E-state index is 3.49. The molecule has 0 aromatic carbocycles. The van der Waals surface area contributed by atoms with Crippen molar-refractivity contribution in [2.45, 2.75) is 19.8 Å². The molecule has 0 bridgehead atoms.